The number of hydrogen-bond acceptors (Lipinski definition) is 2. The molecule has 86 valence electrons. The molecule has 0 aliphatic carbocycles. The third-order valence-electron chi connectivity index (χ3n) is 1.71. The molecule has 14 heavy (non-hydrogen) atoms. The van der Waals surface area contributed by atoms with Gasteiger partial charge in [-0.1, -0.05) is 6.92 Å². The number of aliphatic hydroxyl groups excluding tert-OH is 1. The van der Waals surface area contributed by atoms with E-state index in [0.717, 1.165) is 0 Å². The Morgan fingerprint density at radius 2 is 1.43 bits per heavy atom. The average Bonchev–Trinajstić information content (AvgIpc) is 2.00. The molecule has 0 spiro atoms. The van der Waals surface area contributed by atoms with Crippen LogP contribution in [0.5, 0.6) is 0 Å². The van der Waals surface area contributed by atoms with E-state index in [0.29, 0.717) is 6.92 Å². The first-order valence-electron chi connectivity index (χ1n) is 3.45. The van der Waals surface area contributed by atoms with Crippen molar-refractivity contribution in [3.05, 3.63) is 0 Å². The van der Waals surface area contributed by atoms with Gasteiger partial charge in [-0.3, -0.25) is 0 Å². The Bertz CT molecular complexity index is 199. The minimum absolute atomic E-state index is 0.482. The van der Waals surface area contributed by atoms with Crippen molar-refractivity contribution in [1.82, 2.24) is 0 Å². The van der Waals surface area contributed by atoms with Gasteiger partial charge in [0, 0.05) is 5.92 Å². The Labute approximate surface area is 75.1 Å². The molecule has 0 aromatic carbocycles. The smallest absolute Gasteiger partial charge is 0.396 e. The zero-order valence-corrected chi connectivity index (χ0v) is 6.95. The van der Waals surface area contributed by atoms with Gasteiger partial charge in [0.05, 0.1) is 6.61 Å². The zero-order valence-electron chi connectivity index (χ0n) is 6.95. The molecule has 0 amide bonds. The molecule has 0 aliphatic rings. The monoisotopic (exact) mass is 226 g/mol. The first-order chi connectivity index (χ1) is 5.98. The van der Waals surface area contributed by atoms with Crippen LogP contribution in [0.2, 0.25) is 0 Å². The minimum atomic E-state index is -6.11. The molecule has 2 nitrogen and oxygen atoms in total. The topological polar surface area (TPSA) is 40.5 Å². The van der Waals surface area contributed by atoms with Crippen LogP contribution >= 0.6 is 0 Å². The van der Waals surface area contributed by atoms with Crippen molar-refractivity contribution in [2.75, 3.05) is 6.61 Å². The van der Waals surface area contributed by atoms with Gasteiger partial charge in [0.15, 0.2) is 0 Å². The van der Waals surface area contributed by atoms with Crippen LogP contribution < -0.4 is 0 Å². The van der Waals surface area contributed by atoms with Crippen LogP contribution in [0.25, 0.3) is 0 Å². The molecule has 0 radical (unpaired) electrons. The lowest BCUT2D eigenvalue weighted by molar-refractivity contribution is -0.395. The molecule has 2 N–H and O–H groups in total. The second-order valence-electron chi connectivity index (χ2n) is 2.83. The zero-order chi connectivity index (χ0) is 11.8. The molecular weight excluding hydrogens is 218 g/mol. The van der Waals surface area contributed by atoms with Gasteiger partial charge in [0.2, 0.25) is 0 Å². The fourth-order valence-corrected chi connectivity index (χ4v) is 0.630. The lowest BCUT2D eigenvalue weighted by atomic mass is 9.97. The summed E-state index contributed by atoms with van der Waals surface area (Å²) in [4.78, 5) is 0. The first-order valence-corrected chi connectivity index (χ1v) is 3.45. The Kier molecular flexibility index (Phi) is 3.45. The number of hydrogen-bond donors (Lipinski definition) is 2. The van der Waals surface area contributed by atoms with Crippen LogP contribution in [0.1, 0.15) is 6.92 Å². The highest BCUT2D eigenvalue weighted by Crippen LogP contribution is 2.46. The van der Waals surface area contributed by atoms with Crippen LogP contribution in [0.15, 0.2) is 0 Å². The van der Waals surface area contributed by atoms with E-state index in [4.69, 9.17) is 10.2 Å². The predicted octanol–water partition coefficient (Wildman–Crippen LogP) is 1.47. The van der Waals surface area contributed by atoms with Crippen molar-refractivity contribution in [3.63, 3.8) is 0 Å². The molecule has 0 heterocycles. The predicted molar refractivity (Wildman–Crippen MR) is 33.3 cm³/mol. The van der Waals surface area contributed by atoms with Crippen LogP contribution in [0.3, 0.4) is 0 Å². The summed E-state index contributed by atoms with van der Waals surface area (Å²) in [7, 11) is 0. The second kappa shape index (κ2) is 3.58. The van der Waals surface area contributed by atoms with Gasteiger partial charge in [-0.15, -0.1) is 0 Å². The molecular formula is C6H8F6O2. The molecule has 0 aromatic heterocycles. The highest BCUT2D eigenvalue weighted by atomic mass is 19.4. The van der Waals surface area contributed by atoms with E-state index < -0.39 is 30.5 Å². The SMILES string of the molecule is CC(CO)C(F)(F)C(O)(F)C(F)(F)F. The molecule has 0 bridgehead atoms. The summed E-state index contributed by atoms with van der Waals surface area (Å²) in [5, 5.41) is 16.2. The van der Waals surface area contributed by atoms with Crippen molar-refractivity contribution in [1.29, 1.82) is 0 Å². The summed E-state index contributed by atoms with van der Waals surface area (Å²) >= 11 is 0. The second-order valence-corrected chi connectivity index (χ2v) is 2.83. The maximum Gasteiger partial charge on any atom is 0.454 e. The molecule has 0 aromatic rings. The van der Waals surface area contributed by atoms with Crippen LogP contribution in [-0.2, 0) is 0 Å². The third kappa shape index (κ3) is 1.95. The fraction of sp³-hybridized carbons (Fsp3) is 1.00. The Balaban J connectivity index is 5.07. The third-order valence-corrected chi connectivity index (χ3v) is 1.71. The van der Waals surface area contributed by atoms with E-state index in [9.17, 15) is 26.3 Å². The van der Waals surface area contributed by atoms with Gasteiger partial charge in [-0.25, -0.2) is 0 Å². The van der Waals surface area contributed by atoms with Crippen LogP contribution in [0, 0.1) is 5.92 Å². The van der Waals surface area contributed by atoms with Gasteiger partial charge in [-0.2, -0.15) is 26.3 Å². The van der Waals surface area contributed by atoms with Crippen molar-refractivity contribution in [3.8, 4) is 0 Å². The van der Waals surface area contributed by atoms with Gasteiger partial charge in [-0.05, 0) is 0 Å². The van der Waals surface area contributed by atoms with E-state index in [-0.39, 0.29) is 0 Å². The number of halogens is 6. The Hall–Kier alpha value is -0.500. The van der Waals surface area contributed by atoms with Crippen molar-refractivity contribution < 1.29 is 36.6 Å². The summed E-state index contributed by atoms with van der Waals surface area (Å²) in [6, 6.07) is 0. The molecule has 0 saturated heterocycles. The number of aliphatic hydroxyl groups is 2. The van der Waals surface area contributed by atoms with Gasteiger partial charge in [0.1, 0.15) is 0 Å². The van der Waals surface area contributed by atoms with Gasteiger partial charge in [0.25, 0.3) is 0 Å². The lowest BCUT2D eigenvalue weighted by Crippen LogP contribution is -2.58. The summed E-state index contributed by atoms with van der Waals surface area (Å²) in [6.07, 6.45) is -6.11. The molecule has 8 heteroatoms. The van der Waals surface area contributed by atoms with E-state index >= 15 is 0 Å². The molecule has 2 unspecified atom stereocenters. The fourth-order valence-electron chi connectivity index (χ4n) is 0.630. The molecule has 0 saturated carbocycles. The molecule has 0 fully saturated rings. The number of alkyl halides is 6. The van der Waals surface area contributed by atoms with E-state index in [1.165, 1.54) is 0 Å². The van der Waals surface area contributed by atoms with Crippen LogP contribution in [-0.4, -0.2) is 34.8 Å². The van der Waals surface area contributed by atoms with Gasteiger partial charge >= 0.3 is 18.0 Å². The van der Waals surface area contributed by atoms with Crippen molar-refractivity contribution >= 4 is 0 Å². The highest BCUT2D eigenvalue weighted by molar-refractivity contribution is 4.93. The van der Waals surface area contributed by atoms with E-state index in [1.54, 1.807) is 0 Å². The van der Waals surface area contributed by atoms with Crippen LogP contribution in [0.4, 0.5) is 26.3 Å². The first kappa shape index (κ1) is 13.5. The standard InChI is InChI=1S/C6H8F6O2/c1-3(2-13)4(7,8)5(9,14)6(10,11)12/h3,13-14H,2H2,1H3. The van der Waals surface area contributed by atoms with E-state index in [1.807, 2.05) is 0 Å². The summed E-state index contributed by atoms with van der Waals surface area (Å²) < 4.78 is 72.5. The summed E-state index contributed by atoms with van der Waals surface area (Å²) in [5.41, 5.74) is 0. The highest BCUT2D eigenvalue weighted by Gasteiger charge is 2.72. The Morgan fingerprint density at radius 3 is 1.64 bits per heavy atom. The Morgan fingerprint density at radius 1 is 1.07 bits per heavy atom. The maximum absolute atomic E-state index is 12.6. The largest absolute Gasteiger partial charge is 0.454 e. The minimum Gasteiger partial charge on any atom is -0.396 e. The summed E-state index contributed by atoms with van der Waals surface area (Å²) in [6.45, 7) is -0.897. The van der Waals surface area contributed by atoms with Crippen molar-refractivity contribution in [2.24, 2.45) is 5.92 Å². The van der Waals surface area contributed by atoms with E-state index in [2.05, 4.69) is 0 Å². The van der Waals surface area contributed by atoms with Crippen molar-refractivity contribution in [2.45, 2.75) is 24.9 Å². The number of rotatable bonds is 3. The quantitative estimate of drug-likeness (QED) is 0.715. The molecule has 2 atom stereocenters. The molecule has 0 aliphatic heterocycles. The lowest BCUT2D eigenvalue weighted by Gasteiger charge is -2.33. The summed E-state index contributed by atoms with van der Waals surface area (Å²) in [5.74, 6) is -13.1. The van der Waals surface area contributed by atoms with Gasteiger partial charge < -0.3 is 10.2 Å². The average molecular weight is 226 g/mol. The maximum atomic E-state index is 12.6. The molecule has 0 rings (SSSR count). The normalized spacial score (nSPS) is 20.4.